The molecule has 0 spiro atoms. The number of carbonyl (C=O) groups is 1. The Kier molecular flexibility index (Phi) is 3.47. The highest BCUT2D eigenvalue weighted by Crippen LogP contribution is 2.39. The summed E-state index contributed by atoms with van der Waals surface area (Å²) >= 11 is 1.48. The largest absolute Gasteiger partial charge is 0.454 e. The lowest BCUT2D eigenvalue weighted by Gasteiger charge is -2.17. The molecule has 1 amide bonds. The molecule has 1 aromatic carbocycles. The first kappa shape index (κ1) is 15.9. The van der Waals surface area contributed by atoms with Crippen LogP contribution in [0, 0.1) is 12.3 Å². The van der Waals surface area contributed by atoms with Gasteiger partial charge in [0.05, 0.1) is 15.9 Å². The molecule has 4 rings (SSSR count). The predicted octanol–water partition coefficient (Wildman–Crippen LogP) is 3.50. The fourth-order valence-electron chi connectivity index (χ4n) is 2.43. The zero-order valence-corrected chi connectivity index (χ0v) is 15.2. The molecular weight excluding hydrogens is 340 g/mol. The molecule has 25 heavy (non-hydrogen) atoms. The highest BCUT2D eigenvalue weighted by Gasteiger charge is 2.24. The van der Waals surface area contributed by atoms with Gasteiger partial charge < -0.3 is 14.8 Å². The Labute approximate surface area is 148 Å². The monoisotopic (exact) mass is 358 g/mol. The van der Waals surface area contributed by atoms with Crippen LogP contribution in [0.2, 0.25) is 0 Å². The Morgan fingerprint density at radius 3 is 2.68 bits per heavy atom. The first-order chi connectivity index (χ1) is 11.8. The molecule has 0 saturated heterocycles. The van der Waals surface area contributed by atoms with Crippen molar-refractivity contribution in [1.82, 2.24) is 14.8 Å². The normalized spacial score (nSPS) is 13.4. The Morgan fingerprint density at radius 2 is 1.96 bits per heavy atom. The summed E-state index contributed by atoms with van der Waals surface area (Å²) in [6.07, 6.45) is 0. The molecule has 0 radical (unpaired) electrons. The maximum atomic E-state index is 12.3. The quantitative estimate of drug-likeness (QED) is 0.758. The summed E-state index contributed by atoms with van der Waals surface area (Å²) < 4.78 is 13.5. The molecule has 0 saturated carbocycles. The van der Waals surface area contributed by atoms with Gasteiger partial charge in [0.1, 0.15) is 5.82 Å². The third-order valence-electron chi connectivity index (χ3n) is 3.81. The predicted molar refractivity (Wildman–Crippen MR) is 95.7 cm³/mol. The molecule has 2 aromatic heterocycles. The summed E-state index contributed by atoms with van der Waals surface area (Å²) in [7, 11) is 0. The SMILES string of the molecule is Cc1cc(NC(=O)C(C)(C)C)n(-c2nc3cc4c(cc3s2)OCO4)n1. The van der Waals surface area contributed by atoms with Crippen LogP contribution < -0.4 is 14.8 Å². The molecule has 3 aromatic rings. The van der Waals surface area contributed by atoms with E-state index < -0.39 is 5.41 Å². The van der Waals surface area contributed by atoms with E-state index in [0.717, 1.165) is 21.7 Å². The molecule has 3 heterocycles. The molecule has 0 bridgehead atoms. The maximum absolute atomic E-state index is 12.3. The van der Waals surface area contributed by atoms with Gasteiger partial charge >= 0.3 is 0 Å². The number of carbonyl (C=O) groups excluding carboxylic acids is 1. The Morgan fingerprint density at radius 1 is 1.24 bits per heavy atom. The highest BCUT2D eigenvalue weighted by molar-refractivity contribution is 7.20. The lowest BCUT2D eigenvalue weighted by molar-refractivity contribution is -0.123. The number of nitrogens with zero attached hydrogens (tertiary/aromatic N) is 3. The molecule has 1 N–H and O–H groups in total. The van der Waals surface area contributed by atoms with Gasteiger partial charge in [0.2, 0.25) is 17.8 Å². The van der Waals surface area contributed by atoms with Gasteiger partial charge in [0.25, 0.3) is 0 Å². The van der Waals surface area contributed by atoms with Crippen LogP contribution in [0.15, 0.2) is 18.2 Å². The van der Waals surface area contributed by atoms with Crippen molar-refractivity contribution < 1.29 is 14.3 Å². The van der Waals surface area contributed by atoms with Crippen LogP contribution in [0.25, 0.3) is 15.3 Å². The van der Waals surface area contributed by atoms with Crippen LogP contribution in [0.3, 0.4) is 0 Å². The number of thiazole rings is 1. The Bertz CT molecular complexity index is 943. The van der Waals surface area contributed by atoms with Crippen LogP contribution in [-0.4, -0.2) is 27.5 Å². The molecular formula is C17H18N4O3S. The smallest absolute Gasteiger partial charge is 0.231 e. The zero-order valence-electron chi connectivity index (χ0n) is 14.4. The molecule has 7 nitrogen and oxygen atoms in total. The van der Waals surface area contributed by atoms with Gasteiger partial charge in [-0.25, -0.2) is 4.98 Å². The number of amides is 1. The number of ether oxygens (including phenoxy) is 2. The molecule has 8 heteroatoms. The van der Waals surface area contributed by atoms with Crippen molar-refractivity contribution >= 4 is 33.3 Å². The van der Waals surface area contributed by atoms with E-state index in [2.05, 4.69) is 15.4 Å². The summed E-state index contributed by atoms with van der Waals surface area (Å²) in [6.45, 7) is 7.73. The first-order valence-corrected chi connectivity index (χ1v) is 8.71. The lowest BCUT2D eigenvalue weighted by atomic mass is 9.96. The van der Waals surface area contributed by atoms with Gasteiger partial charge in [-0.3, -0.25) is 4.79 Å². The van der Waals surface area contributed by atoms with Gasteiger partial charge in [-0.2, -0.15) is 9.78 Å². The fraction of sp³-hybridized carbons (Fsp3) is 0.353. The van der Waals surface area contributed by atoms with E-state index in [1.165, 1.54) is 11.3 Å². The van der Waals surface area contributed by atoms with Gasteiger partial charge in [0, 0.05) is 23.6 Å². The van der Waals surface area contributed by atoms with Gasteiger partial charge in [-0.15, -0.1) is 0 Å². The summed E-state index contributed by atoms with van der Waals surface area (Å²) in [5, 5.41) is 8.09. The summed E-state index contributed by atoms with van der Waals surface area (Å²) in [5.74, 6) is 1.95. The van der Waals surface area contributed by atoms with E-state index in [-0.39, 0.29) is 12.7 Å². The third kappa shape index (κ3) is 2.82. The lowest BCUT2D eigenvalue weighted by Crippen LogP contribution is -2.28. The molecule has 1 aliphatic rings. The van der Waals surface area contributed by atoms with Crippen LogP contribution in [-0.2, 0) is 4.79 Å². The molecule has 130 valence electrons. The second kappa shape index (κ2) is 5.45. The van der Waals surface area contributed by atoms with Gasteiger partial charge in [-0.1, -0.05) is 32.1 Å². The van der Waals surface area contributed by atoms with E-state index >= 15 is 0 Å². The minimum atomic E-state index is -0.494. The van der Waals surface area contributed by atoms with E-state index in [9.17, 15) is 4.79 Å². The van der Waals surface area contributed by atoms with Crippen molar-refractivity contribution in [3.63, 3.8) is 0 Å². The van der Waals surface area contributed by atoms with E-state index in [0.29, 0.717) is 16.7 Å². The van der Waals surface area contributed by atoms with Crippen LogP contribution >= 0.6 is 11.3 Å². The molecule has 0 fully saturated rings. The highest BCUT2D eigenvalue weighted by atomic mass is 32.1. The van der Waals surface area contributed by atoms with E-state index in [1.807, 2.05) is 45.9 Å². The van der Waals surface area contributed by atoms with Crippen molar-refractivity contribution in [3.8, 4) is 16.6 Å². The number of aromatic nitrogens is 3. The molecule has 0 unspecified atom stereocenters. The minimum absolute atomic E-state index is 0.0736. The Hall–Kier alpha value is -2.61. The van der Waals surface area contributed by atoms with Crippen molar-refractivity contribution in [1.29, 1.82) is 0 Å². The second-order valence-corrected chi connectivity index (χ2v) is 7.97. The summed E-state index contributed by atoms with van der Waals surface area (Å²) in [6, 6.07) is 5.62. The average molecular weight is 358 g/mol. The Balaban J connectivity index is 1.75. The average Bonchev–Trinajstić information content (AvgIpc) is 3.20. The standard InChI is InChI=1S/C17H18N4O3S/c1-9-5-14(19-15(22)17(2,3)4)21(20-9)16-18-10-6-11-12(24-8-23-11)7-13(10)25-16/h5-7H,8H2,1-4H3,(H,19,22). The zero-order chi connectivity index (χ0) is 17.8. The summed E-state index contributed by atoms with van der Waals surface area (Å²) in [4.78, 5) is 17.0. The van der Waals surface area contributed by atoms with Gasteiger partial charge in [-0.05, 0) is 6.92 Å². The minimum Gasteiger partial charge on any atom is -0.454 e. The van der Waals surface area contributed by atoms with E-state index in [1.54, 1.807) is 4.68 Å². The second-order valence-electron chi connectivity index (χ2n) is 6.96. The number of nitrogens with one attached hydrogen (secondary N) is 1. The number of benzene rings is 1. The number of anilines is 1. The third-order valence-corrected chi connectivity index (χ3v) is 4.80. The number of hydrogen-bond donors (Lipinski definition) is 1. The number of hydrogen-bond acceptors (Lipinski definition) is 6. The van der Waals surface area contributed by atoms with Crippen molar-refractivity contribution in [2.75, 3.05) is 12.1 Å². The first-order valence-electron chi connectivity index (χ1n) is 7.90. The maximum Gasteiger partial charge on any atom is 0.231 e. The topological polar surface area (TPSA) is 78.3 Å². The number of aryl methyl sites for hydroxylation is 1. The van der Waals surface area contributed by atoms with E-state index in [4.69, 9.17) is 9.47 Å². The van der Waals surface area contributed by atoms with Crippen LogP contribution in [0.5, 0.6) is 11.5 Å². The number of fused-ring (bicyclic) bond motifs is 2. The molecule has 0 atom stereocenters. The van der Waals surface area contributed by atoms with Gasteiger partial charge in [0.15, 0.2) is 11.5 Å². The van der Waals surface area contributed by atoms with Crippen LogP contribution in [0.4, 0.5) is 5.82 Å². The molecule has 0 aliphatic carbocycles. The van der Waals surface area contributed by atoms with Crippen molar-refractivity contribution in [2.24, 2.45) is 5.41 Å². The fourth-order valence-corrected chi connectivity index (χ4v) is 3.38. The molecule has 1 aliphatic heterocycles. The van der Waals surface area contributed by atoms with Crippen LogP contribution in [0.1, 0.15) is 26.5 Å². The van der Waals surface area contributed by atoms with Crippen molar-refractivity contribution in [2.45, 2.75) is 27.7 Å². The summed E-state index contributed by atoms with van der Waals surface area (Å²) in [5.41, 5.74) is 1.12. The number of rotatable bonds is 2. The van der Waals surface area contributed by atoms with Crippen molar-refractivity contribution in [3.05, 3.63) is 23.9 Å².